The molecule has 0 unspecified atom stereocenters. The van der Waals surface area contributed by atoms with Gasteiger partial charge in [0.1, 0.15) is 0 Å². The predicted octanol–water partition coefficient (Wildman–Crippen LogP) is 6.58. The zero-order chi connectivity index (χ0) is 17.9. The summed E-state index contributed by atoms with van der Waals surface area (Å²) in [7, 11) is 0. The molecule has 0 saturated carbocycles. The van der Waals surface area contributed by atoms with E-state index in [9.17, 15) is 0 Å². The molecule has 0 atom stereocenters. The highest BCUT2D eigenvalue weighted by Gasteiger charge is 2.13. The van der Waals surface area contributed by atoms with Gasteiger partial charge in [-0.05, 0) is 36.8 Å². The van der Waals surface area contributed by atoms with Crippen LogP contribution < -0.4 is 5.32 Å². The van der Waals surface area contributed by atoms with Crippen molar-refractivity contribution >= 4 is 33.8 Å². The zero-order valence-electron chi connectivity index (χ0n) is 14.1. The molecule has 0 aliphatic rings. The Morgan fingerprint density at radius 3 is 2.58 bits per heavy atom. The maximum atomic E-state index is 6.48. The summed E-state index contributed by atoms with van der Waals surface area (Å²) in [6.07, 6.45) is 5.54. The number of anilines is 2. The highest BCUT2D eigenvalue weighted by atomic mass is 35.5. The molecule has 1 N–H and O–H groups in total. The van der Waals surface area contributed by atoms with E-state index in [4.69, 9.17) is 11.6 Å². The lowest BCUT2D eigenvalue weighted by Gasteiger charge is -2.09. The first-order valence-corrected chi connectivity index (χ1v) is 9.39. The molecule has 2 aromatic carbocycles. The van der Waals surface area contributed by atoms with Crippen LogP contribution in [-0.2, 0) is 0 Å². The largest absolute Gasteiger partial charge is 0.332 e. The molecule has 4 rings (SSSR count). The van der Waals surface area contributed by atoms with Gasteiger partial charge in [0.25, 0.3) is 0 Å². The fraction of sp³-hybridized carbons (Fsp3) is 0.0476. The lowest BCUT2D eigenvalue weighted by Crippen LogP contribution is -1.87. The highest BCUT2D eigenvalue weighted by molar-refractivity contribution is 7.19. The minimum atomic E-state index is 0.728. The van der Waals surface area contributed by atoms with Gasteiger partial charge in [-0.15, -0.1) is 0 Å². The number of para-hydroxylation sites is 1. The first-order valence-electron chi connectivity index (χ1n) is 8.19. The predicted molar refractivity (Wildman–Crippen MR) is 110 cm³/mol. The summed E-state index contributed by atoms with van der Waals surface area (Å²) < 4.78 is 0. The summed E-state index contributed by atoms with van der Waals surface area (Å²) in [5.74, 6) is 0. The van der Waals surface area contributed by atoms with E-state index in [-0.39, 0.29) is 0 Å². The minimum absolute atomic E-state index is 0.728. The number of thiazole rings is 1. The average Bonchev–Trinajstić information content (AvgIpc) is 3.11. The van der Waals surface area contributed by atoms with Crippen LogP contribution in [0, 0.1) is 6.92 Å². The number of aryl methyl sites for hydroxylation is 1. The van der Waals surface area contributed by atoms with Gasteiger partial charge in [-0.3, -0.25) is 4.98 Å². The normalized spacial score (nSPS) is 10.7. The van der Waals surface area contributed by atoms with Gasteiger partial charge in [0.15, 0.2) is 5.13 Å². The molecular formula is C21H16ClN3S. The van der Waals surface area contributed by atoms with Crippen molar-refractivity contribution in [1.29, 1.82) is 0 Å². The SMILES string of the molecule is Cc1ccc(-c2cnccc2-c2cnc(Nc3ccccc3)s2)c(Cl)c1. The van der Waals surface area contributed by atoms with E-state index in [1.54, 1.807) is 17.5 Å². The van der Waals surface area contributed by atoms with Gasteiger partial charge in [-0.1, -0.05) is 53.3 Å². The maximum absolute atomic E-state index is 6.48. The monoisotopic (exact) mass is 377 g/mol. The number of nitrogens with one attached hydrogen (secondary N) is 1. The number of rotatable bonds is 4. The van der Waals surface area contributed by atoms with Crippen molar-refractivity contribution in [1.82, 2.24) is 9.97 Å². The van der Waals surface area contributed by atoms with Gasteiger partial charge in [-0.2, -0.15) is 0 Å². The van der Waals surface area contributed by atoms with Gasteiger partial charge in [0.2, 0.25) is 0 Å². The third-order valence-corrected chi connectivity index (χ3v) is 5.29. The van der Waals surface area contributed by atoms with Crippen molar-refractivity contribution in [2.24, 2.45) is 0 Å². The lowest BCUT2D eigenvalue weighted by atomic mass is 10.0. The standard InChI is InChI=1S/C21H16ClN3S/c1-14-7-8-16(19(22)11-14)18-12-23-10-9-17(18)20-13-24-21(26-20)25-15-5-3-2-4-6-15/h2-13H,1H3,(H,24,25). The van der Waals surface area contributed by atoms with Gasteiger partial charge >= 0.3 is 0 Å². The van der Waals surface area contributed by atoms with Crippen molar-refractivity contribution in [3.8, 4) is 21.6 Å². The molecule has 2 aromatic heterocycles. The molecule has 0 radical (unpaired) electrons. The molecule has 0 aliphatic carbocycles. The number of aromatic nitrogens is 2. The summed E-state index contributed by atoms with van der Waals surface area (Å²) in [4.78, 5) is 9.88. The lowest BCUT2D eigenvalue weighted by molar-refractivity contribution is 1.33. The van der Waals surface area contributed by atoms with Crippen molar-refractivity contribution < 1.29 is 0 Å². The number of pyridine rings is 1. The van der Waals surface area contributed by atoms with E-state index in [0.717, 1.165) is 43.0 Å². The van der Waals surface area contributed by atoms with Crippen LogP contribution in [-0.4, -0.2) is 9.97 Å². The number of hydrogen-bond acceptors (Lipinski definition) is 4. The first kappa shape index (κ1) is 16.8. The fourth-order valence-corrected chi connectivity index (χ4v) is 3.98. The van der Waals surface area contributed by atoms with E-state index in [0.29, 0.717) is 0 Å². The molecule has 5 heteroatoms. The number of nitrogens with zero attached hydrogens (tertiary/aromatic N) is 2. The minimum Gasteiger partial charge on any atom is -0.332 e. The molecule has 0 saturated heterocycles. The molecule has 0 bridgehead atoms. The van der Waals surface area contributed by atoms with Crippen LogP contribution in [0.5, 0.6) is 0 Å². The van der Waals surface area contributed by atoms with Gasteiger partial charge in [0.05, 0.1) is 4.88 Å². The van der Waals surface area contributed by atoms with Crippen LogP contribution in [0.25, 0.3) is 21.6 Å². The Hall–Kier alpha value is -2.69. The van der Waals surface area contributed by atoms with E-state index < -0.39 is 0 Å². The van der Waals surface area contributed by atoms with Crippen LogP contribution in [0.4, 0.5) is 10.8 Å². The third-order valence-electron chi connectivity index (χ3n) is 4.03. The molecular weight excluding hydrogens is 362 g/mol. The van der Waals surface area contributed by atoms with Crippen molar-refractivity contribution in [3.63, 3.8) is 0 Å². The molecule has 0 aliphatic heterocycles. The molecule has 128 valence electrons. The van der Waals surface area contributed by atoms with Crippen LogP contribution in [0.1, 0.15) is 5.56 Å². The summed E-state index contributed by atoms with van der Waals surface area (Å²) >= 11 is 8.09. The Morgan fingerprint density at radius 1 is 0.923 bits per heavy atom. The number of benzene rings is 2. The van der Waals surface area contributed by atoms with Gasteiger partial charge in [-0.25, -0.2) is 4.98 Å². The molecule has 0 spiro atoms. The van der Waals surface area contributed by atoms with Crippen molar-refractivity contribution in [2.75, 3.05) is 5.32 Å². The Bertz CT molecular complexity index is 1040. The topological polar surface area (TPSA) is 37.8 Å². The smallest absolute Gasteiger partial charge is 0.187 e. The molecule has 2 heterocycles. The van der Waals surface area contributed by atoms with Gasteiger partial charge in [0, 0.05) is 46.0 Å². The zero-order valence-corrected chi connectivity index (χ0v) is 15.7. The van der Waals surface area contributed by atoms with Gasteiger partial charge < -0.3 is 5.32 Å². The summed E-state index contributed by atoms with van der Waals surface area (Å²) in [5, 5.41) is 4.92. The molecule has 0 amide bonds. The van der Waals surface area contributed by atoms with Crippen molar-refractivity contribution in [3.05, 3.63) is 83.8 Å². The molecule has 4 aromatic rings. The van der Waals surface area contributed by atoms with E-state index in [1.165, 1.54) is 0 Å². The Kier molecular flexibility index (Phi) is 4.69. The van der Waals surface area contributed by atoms with Crippen LogP contribution >= 0.6 is 22.9 Å². The molecule has 26 heavy (non-hydrogen) atoms. The highest BCUT2D eigenvalue weighted by Crippen LogP contribution is 2.39. The summed E-state index contributed by atoms with van der Waals surface area (Å²) in [6, 6.07) is 18.1. The third kappa shape index (κ3) is 3.47. The fourth-order valence-electron chi connectivity index (χ4n) is 2.76. The van der Waals surface area contributed by atoms with Crippen molar-refractivity contribution in [2.45, 2.75) is 6.92 Å². The second kappa shape index (κ2) is 7.28. The Labute approximate surface area is 161 Å². The molecule has 0 fully saturated rings. The first-order chi connectivity index (χ1) is 12.7. The van der Waals surface area contributed by atoms with Crippen LogP contribution in [0.15, 0.2) is 73.2 Å². The van der Waals surface area contributed by atoms with Crippen LogP contribution in [0.2, 0.25) is 5.02 Å². The number of halogens is 1. The van der Waals surface area contributed by atoms with E-state index in [1.807, 2.05) is 67.8 Å². The van der Waals surface area contributed by atoms with Crippen LogP contribution in [0.3, 0.4) is 0 Å². The number of hydrogen-bond donors (Lipinski definition) is 1. The maximum Gasteiger partial charge on any atom is 0.187 e. The van der Waals surface area contributed by atoms with E-state index in [2.05, 4.69) is 21.4 Å². The summed E-state index contributed by atoms with van der Waals surface area (Å²) in [6.45, 7) is 2.03. The Morgan fingerprint density at radius 2 is 1.77 bits per heavy atom. The average molecular weight is 378 g/mol. The van der Waals surface area contributed by atoms with E-state index >= 15 is 0 Å². The second-order valence-electron chi connectivity index (χ2n) is 5.93. The Balaban J connectivity index is 1.71. The molecule has 3 nitrogen and oxygen atoms in total. The quantitative estimate of drug-likeness (QED) is 0.436. The second-order valence-corrected chi connectivity index (χ2v) is 7.36. The summed E-state index contributed by atoms with van der Waals surface area (Å²) in [5.41, 5.74) is 5.21.